The van der Waals surface area contributed by atoms with Gasteiger partial charge in [0.05, 0.1) is 0 Å². The normalized spacial score (nSPS) is 11.0. The number of nitrogen functional groups attached to an aromatic ring is 1. The van der Waals surface area contributed by atoms with E-state index in [0.717, 1.165) is 28.3 Å². The van der Waals surface area contributed by atoms with Gasteiger partial charge >= 0.3 is 0 Å². The first-order chi connectivity index (χ1) is 10.3. The summed E-state index contributed by atoms with van der Waals surface area (Å²) < 4.78 is 3.23. The smallest absolute Gasteiger partial charge is 0.147 e. The van der Waals surface area contributed by atoms with Crippen LogP contribution in [0.1, 0.15) is 0 Å². The summed E-state index contributed by atoms with van der Waals surface area (Å²) in [5, 5.41) is 3.22. The van der Waals surface area contributed by atoms with E-state index in [4.69, 9.17) is 5.73 Å². The Morgan fingerprint density at radius 3 is 2.67 bits per heavy atom. The number of nitrogens with two attached hydrogens (primary N) is 1. The predicted molar refractivity (Wildman–Crippen MR) is 86.6 cm³/mol. The van der Waals surface area contributed by atoms with Gasteiger partial charge in [-0.25, -0.2) is 9.97 Å². The third-order valence-electron chi connectivity index (χ3n) is 3.40. The molecule has 3 aromatic heterocycles. The Morgan fingerprint density at radius 1 is 0.952 bits per heavy atom. The first-order valence-electron chi connectivity index (χ1n) is 6.55. The average molecular weight is 292 g/mol. The summed E-state index contributed by atoms with van der Waals surface area (Å²) in [7, 11) is 0. The molecule has 2 N–H and O–H groups in total. The van der Waals surface area contributed by atoms with Gasteiger partial charge in [0.1, 0.15) is 11.6 Å². The molecule has 102 valence electrons. The van der Waals surface area contributed by atoms with Crippen molar-refractivity contribution in [3.05, 3.63) is 60.4 Å². The van der Waals surface area contributed by atoms with Crippen LogP contribution in [-0.2, 0) is 0 Å². The van der Waals surface area contributed by atoms with Crippen molar-refractivity contribution >= 4 is 27.1 Å². The standard InChI is InChI=1S/C16H12N4S/c17-12-3-1-11(2-4-12)15-19-8-9-20(15)16-13-6-10-21-14(13)5-7-18-16/h1-10H,17H2. The second-order valence-electron chi connectivity index (χ2n) is 4.71. The summed E-state index contributed by atoms with van der Waals surface area (Å²) in [6.07, 6.45) is 5.56. The molecule has 0 aliphatic carbocycles. The highest BCUT2D eigenvalue weighted by Gasteiger charge is 2.11. The van der Waals surface area contributed by atoms with Crippen LogP contribution in [0.5, 0.6) is 0 Å². The molecular weight excluding hydrogens is 280 g/mol. The Morgan fingerprint density at radius 2 is 1.81 bits per heavy atom. The maximum Gasteiger partial charge on any atom is 0.147 e. The molecule has 3 heterocycles. The molecule has 4 rings (SSSR count). The van der Waals surface area contributed by atoms with Crippen molar-refractivity contribution in [2.75, 3.05) is 5.73 Å². The molecule has 0 radical (unpaired) electrons. The summed E-state index contributed by atoms with van der Waals surface area (Å²) in [4.78, 5) is 9.00. The van der Waals surface area contributed by atoms with Crippen LogP contribution in [0.4, 0.5) is 5.69 Å². The molecule has 0 aliphatic rings. The van der Waals surface area contributed by atoms with Crippen molar-refractivity contribution in [1.82, 2.24) is 14.5 Å². The zero-order chi connectivity index (χ0) is 14.2. The number of aromatic nitrogens is 3. The van der Waals surface area contributed by atoms with E-state index in [9.17, 15) is 0 Å². The lowest BCUT2D eigenvalue weighted by atomic mass is 10.2. The number of rotatable bonds is 2. The van der Waals surface area contributed by atoms with Crippen molar-refractivity contribution < 1.29 is 0 Å². The number of anilines is 1. The minimum absolute atomic E-state index is 0.745. The van der Waals surface area contributed by atoms with Crippen LogP contribution >= 0.6 is 11.3 Å². The fourth-order valence-electron chi connectivity index (χ4n) is 2.39. The molecule has 21 heavy (non-hydrogen) atoms. The van der Waals surface area contributed by atoms with E-state index in [-0.39, 0.29) is 0 Å². The Bertz CT molecular complexity index is 905. The van der Waals surface area contributed by atoms with Gasteiger partial charge in [0.15, 0.2) is 0 Å². The van der Waals surface area contributed by atoms with E-state index < -0.39 is 0 Å². The summed E-state index contributed by atoms with van der Waals surface area (Å²) in [5.41, 5.74) is 7.51. The van der Waals surface area contributed by atoms with E-state index in [1.54, 1.807) is 17.5 Å². The number of benzene rings is 1. The summed E-state index contributed by atoms with van der Waals surface area (Å²) >= 11 is 1.71. The molecule has 0 bridgehead atoms. The highest BCUT2D eigenvalue weighted by Crippen LogP contribution is 2.28. The minimum atomic E-state index is 0.745. The van der Waals surface area contributed by atoms with E-state index in [2.05, 4.69) is 21.4 Å². The number of imidazole rings is 1. The first kappa shape index (κ1) is 12.1. The van der Waals surface area contributed by atoms with Gasteiger partial charge in [0, 0.05) is 39.9 Å². The Kier molecular flexibility index (Phi) is 2.72. The molecule has 0 atom stereocenters. The number of pyridine rings is 1. The van der Waals surface area contributed by atoms with E-state index in [1.807, 2.05) is 47.3 Å². The quantitative estimate of drug-likeness (QED) is 0.573. The lowest BCUT2D eigenvalue weighted by molar-refractivity contribution is 1.02. The topological polar surface area (TPSA) is 56.7 Å². The van der Waals surface area contributed by atoms with Crippen LogP contribution in [0.15, 0.2) is 60.4 Å². The zero-order valence-electron chi connectivity index (χ0n) is 11.1. The van der Waals surface area contributed by atoms with Crippen LogP contribution in [-0.4, -0.2) is 14.5 Å². The van der Waals surface area contributed by atoms with Crippen LogP contribution in [0, 0.1) is 0 Å². The third kappa shape index (κ3) is 1.98. The molecule has 0 unspecified atom stereocenters. The molecule has 0 aliphatic heterocycles. The van der Waals surface area contributed by atoms with Crippen LogP contribution in [0.2, 0.25) is 0 Å². The second-order valence-corrected chi connectivity index (χ2v) is 5.66. The highest BCUT2D eigenvalue weighted by molar-refractivity contribution is 7.17. The van der Waals surface area contributed by atoms with Gasteiger partial charge in [-0.1, -0.05) is 0 Å². The second kappa shape index (κ2) is 4.71. The monoisotopic (exact) mass is 292 g/mol. The van der Waals surface area contributed by atoms with Gasteiger partial charge in [-0.3, -0.25) is 4.57 Å². The van der Waals surface area contributed by atoms with Crippen molar-refractivity contribution in [2.45, 2.75) is 0 Å². The molecule has 5 heteroatoms. The lowest BCUT2D eigenvalue weighted by Crippen LogP contribution is -1.99. The van der Waals surface area contributed by atoms with E-state index in [1.165, 1.54) is 4.70 Å². The van der Waals surface area contributed by atoms with Gasteiger partial charge < -0.3 is 5.73 Å². The van der Waals surface area contributed by atoms with Crippen molar-refractivity contribution in [2.24, 2.45) is 0 Å². The molecule has 0 spiro atoms. The maximum atomic E-state index is 5.75. The average Bonchev–Trinajstić information content (AvgIpc) is 3.16. The minimum Gasteiger partial charge on any atom is -0.399 e. The Balaban J connectivity index is 1.93. The number of hydrogen-bond donors (Lipinski definition) is 1. The predicted octanol–water partition coefficient (Wildman–Crippen LogP) is 3.73. The molecule has 0 amide bonds. The van der Waals surface area contributed by atoms with Gasteiger partial charge in [-0.15, -0.1) is 11.3 Å². The van der Waals surface area contributed by atoms with Crippen molar-refractivity contribution in [3.63, 3.8) is 0 Å². The SMILES string of the molecule is Nc1ccc(-c2nccn2-c2nccc3sccc23)cc1. The van der Waals surface area contributed by atoms with E-state index in [0.29, 0.717) is 0 Å². The maximum absolute atomic E-state index is 5.75. The first-order valence-corrected chi connectivity index (χ1v) is 7.43. The molecule has 1 aromatic carbocycles. The van der Waals surface area contributed by atoms with E-state index >= 15 is 0 Å². The number of nitrogens with zero attached hydrogens (tertiary/aromatic N) is 3. The molecule has 0 saturated carbocycles. The number of fused-ring (bicyclic) bond motifs is 1. The van der Waals surface area contributed by atoms with Crippen LogP contribution in [0.3, 0.4) is 0 Å². The van der Waals surface area contributed by atoms with Crippen molar-refractivity contribution in [3.8, 4) is 17.2 Å². The number of hydrogen-bond acceptors (Lipinski definition) is 4. The fourth-order valence-corrected chi connectivity index (χ4v) is 3.17. The van der Waals surface area contributed by atoms with Crippen LogP contribution < -0.4 is 5.73 Å². The fraction of sp³-hybridized carbons (Fsp3) is 0. The largest absolute Gasteiger partial charge is 0.399 e. The van der Waals surface area contributed by atoms with Gasteiger partial charge in [0.2, 0.25) is 0 Å². The Hall–Kier alpha value is -2.66. The van der Waals surface area contributed by atoms with Gasteiger partial charge in [0.25, 0.3) is 0 Å². The van der Waals surface area contributed by atoms with Gasteiger partial charge in [-0.2, -0.15) is 0 Å². The van der Waals surface area contributed by atoms with Crippen LogP contribution in [0.25, 0.3) is 27.3 Å². The molecule has 4 nitrogen and oxygen atoms in total. The zero-order valence-corrected chi connectivity index (χ0v) is 11.9. The number of thiophene rings is 1. The van der Waals surface area contributed by atoms with Crippen molar-refractivity contribution in [1.29, 1.82) is 0 Å². The molecule has 0 saturated heterocycles. The molecule has 0 fully saturated rings. The van der Waals surface area contributed by atoms with Gasteiger partial charge in [-0.05, 0) is 41.8 Å². The summed E-state index contributed by atoms with van der Waals surface area (Å²) in [6.45, 7) is 0. The summed E-state index contributed by atoms with van der Waals surface area (Å²) in [5.74, 6) is 1.76. The highest BCUT2D eigenvalue weighted by atomic mass is 32.1. The lowest BCUT2D eigenvalue weighted by Gasteiger charge is -2.08. The Labute approximate surface area is 125 Å². The summed E-state index contributed by atoms with van der Waals surface area (Å²) in [6, 6.07) is 11.8. The molecular formula is C16H12N4S. The third-order valence-corrected chi connectivity index (χ3v) is 4.28. The molecule has 4 aromatic rings.